The summed E-state index contributed by atoms with van der Waals surface area (Å²) in [4.78, 5) is 36.0. The minimum atomic E-state index is -0.648. The average Bonchev–Trinajstić information content (AvgIpc) is 2.94. The molecular weight excluding hydrogens is 519 g/mol. The van der Waals surface area contributed by atoms with E-state index in [1.54, 1.807) is 55.5 Å². The molecule has 0 bridgehead atoms. The molecule has 0 unspecified atom stereocenters. The molecule has 2 N–H and O–H groups in total. The number of primary amides is 1. The number of aromatic nitrogens is 1. The minimum Gasteiger partial charge on any atom is -0.493 e. The number of aryl methyl sites for hydroxylation is 1. The number of aldehydes is 1. The summed E-state index contributed by atoms with van der Waals surface area (Å²) in [6.07, 6.45) is 1.11. The number of hydrogen-bond donors (Lipinski definition) is 1. The van der Waals surface area contributed by atoms with E-state index in [-0.39, 0.29) is 28.5 Å². The van der Waals surface area contributed by atoms with Gasteiger partial charge in [-0.3, -0.25) is 14.4 Å². The largest absolute Gasteiger partial charge is 0.493 e. The number of benzene rings is 3. The Morgan fingerprint density at radius 3 is 2.33 bits per heavy atom. The molecular formula is C30H27FN2O5S. The summed E-state index contributed by atoms with van der Waals surface area (Å²) in [6, 6.07) is 20.4. The monoisotopic (exact) mass is 546 g/mol. The van der Waals surface area contributed by atoms with Gasteiger partial charge in [0, 0.05) is 24.4 Å². The summed E-state index contributed by atoms with van der Waals surface area (Å²) in [7, 11) is 1.85. The summed E-state index contributed by atoms with van der Waals surface area (Å²) in [5.41, 5.74) is 8.35. The van der Waals surface area contributed by atoms with Crippen LogP contribution in [0.2, 0.25) is 0 Å². The van der Waals surface area contributed by atoms with Crippen molar-refractivity contribution in [2.75, 3.05) is 13.2 Å². The average molecular weight is 547 g/mol. The van der Waals surface area contributed by atoms with E-state index in [4.69, 9.17) is 15.2 Å². The van der Waals surface area contributed by atoms with E-state index in [0.717, 1.165) is 11.1 Å². The molecule has 39 heavy (non-hydrogen) atoms. The van der Waals surface area contributed by atoms with Crippen molar-refractivity contribution in [1.82, 2.24) is 4.57 Å². The highest BCUT2D eigenvalue weighted by molar-refractivity contribution is 8.17. The lowest BCUT2D eigenvalue weighted by molar-refractivity contribution is -0.104. The third-order valence-corrected chi connectivity index (χ3v) is 6.99. The van der Waals surface area contributed by atoms with Gasteiger partial charge in [0.1, 0.15) is 11.6 Å². The lowest BCUT2D eigenvalue weighted by Crippen LogP contribution is -2.17. The molecule has 3 aromatic carbocycles. The van der Waals surface area contributed by atoms with Gasteiger partial charge in [-0.1, -0.05) is 24.3 Å². The molecule has 4 rings (SSSR count). The molecule has 0 aliphatic rings. The molecule has 0 saturated carbocycles. The van der Waals surface area contributed by atoms with Crippen LogP contribution in [0.25, 0.3) is 27.7 Å². The SMILES string of the molecule is C/C(=C(/C=O)SC(N)=O)c1ccc(OCCCOc2c(-c3ccc(F)cc3)n(C)c3ccccc3c2=O)cc1. The summed E-state index contributed by atoms with van der Waals surface area (Å²) >= 11 is 0.691. The van der Waals surface area contributed by atoms with Crippen LogP contribution in [0, 0.1) is 5.82 Å². The standard InChI is InChI=1S/C30H27FN2O5S/c1-19(26(18-34)39-30(32)36)20-10-14-23(15-11-20)37-16-5-17-38-29-27(21-8-12-22(31)13-9-21)33(2)25-7-4-3-6-24(25)28(29)35/h3-4,6-15,18H,5,16-17H2,1-2H3,(H2,32,36)/b26-19+. The number of thioether (sulfide) groups is 1. The second-order valence-corrected chi connectivity index (χ2v) is 9.74. The van der Waals surface area contributed by atoms with E-state index in [9.17, 15) is 18.8 Å². The summed E-state index contributed by atoms with van der Waals surface area (Å²) in [6.45, 7) is 2.31. The third kappa shape index (κ3) is 6.38. The summed E-state index contributed by atoms with van der Waals surface area (Å²) < 4.78 is 27.3. The van der Waals surface area contributed by atoms with Gasteiger partial charge in [-0.25, -0.2) is 4.39 Å². The van der Waals surface area contributed by atoms with Crippen LogP contribution in [0.5, 0.6) is 11.5 Å². The van der Waals surface area contributed by atoms with Gasteiger partial charge in [-0.05, 0) is 78.4 Å². The first kappa shape index (κ1) is 27.7. The molecule has 0 saturated heterocycles. The zero-order valence-electron chi connectivity index (χ0n) is 21.5. The Bertz CT molecular complexity index is 1600. The van der Waals surface area contributed by atoms with Crippen LogP contribution in [-0.4, -0.2) is 29.3 Å². The first-order valence-corrected chi connectivity index (χ1v) is 13.0. The van der Waals surface area contributed by atoms with Crippen molar-refractivity contribution in [1.29, 1.82) is 0 Å². The van der Waals surface area contributed by atoms with Crippen molar-refractivity contribution in [3.63, 3.8) is 0 Å². The van der Waals surface area contributed by atoms with Crippen molar-refractivity contribution in [2.45, 2.75) is 13.3 Å². The molecule has 0 spiro atoms. The van der Waals surface area contributed by atoms with Crippen molar-refractivity contribution in [3.8, 4) is 22.8 Å². The fourth-order valence-corrected chi connectivity index (χ4v) is 4.73. The van der Waals surface area contributed by atoms with E-state index < -0.39 is 5.24 Å². The highest BCUT2D eigenvalue weighted by Crippen LogP contribution is 2.31. The van der Waals surface area contributed by atoms with Gasteiger partial charge in [0.25, 0.3) is 5.24 Å². The number of nitrogens with two attached hydrogens (primary N) is 1. The van der Waals surface area contributed by atoms with Crippen LogP contribution in [0.15, 0.2) is 82.5 Å². The van der Waals surface area contributed by atoms with E-state index in [1.807, 2.05) is 23.7 Å². The maximum absolute atomic E-state index is 13.6. The highest BCUT2D eigenvalue weighted by Gasteiger charge is 2.18. The Hall–Kier alpha value is -4.37. The number of ether oxygens (including phenoxy) is 2. The predicted molar refractivity (Wildman–Crippen MR) is 152 cm³/mol. The highest BCUT2D eigenvalue weighted by atomic mass is 32.2. The van der Waals surface area contributed by atoms with Gasteiger partial charge in [0.15, 0.2) is 12.0 Å². The van der Waals surface area contributed by atoms with Crippen molar-refractivity contribution >= 4 is 39.8 Å². The van der Waals surface area contributed by atoms with Crippen LogP contribution in [0.4, 0.5) is 9.18 Å². The Morgan fingerprint density at radius 1 is 1.00 bits per heavy atom. The van der Waals surface area contributed by atoms with E-state index in [0.29, 0.717) is 59.0 Å². The molecule has 0 radical (unpaired) electrons. The lowest BCUT2D eigenvalue weighted by Gasteiger charge is -2.18. The number of rotatable bonds is 10. The first-order valence-electron chi connectivity index (χ1n) is 12.2. The van der Waals surface area contributed by atoms with Gasteiger partial charge >= 0.3 is 0 Å². The Morgan fingerprint density at radius 2 is 1.67 bits per heavy atom. The van der Waals surface area contributed by atoms with Crippen LogP contribution < -0.4 is 20.6 Å². The van der Waals surface area contributed by atoms with Gasteiger partial charge in [-0.15, -0.1) is 0 Å². The fraction of sp³-hybridized carbons (Fsp3) is 0.167. The Labute approximate surface area is 229 Å². The quantitative estimate of drug-likeness (QED) is 0.150. The molecule has 1 aromatic heterocycles. The predicted octanol–water partition coefficient (Wildman–Crippen LogP) is 5.93. The summed E-state index contributed by atoms with van der Waals surface area (Å²) in [5.74, 6) is 0.460. The lowest BCUT2D eigenvalue weighted by atomic mass is 10.1. The van der Waals surface area contributed by atoms with Crippen molar-refractivity contribution < 1.29 is 23.5 Å². The molecule has 9 heteroatoms. The number of para-hydroxylation sites is 1. The second kappa shape index (κ2) is 12.4. The number of hydrogen-bond acceptors (Lipinski definition) is 6. The number of nitrogens with zero attached hydrogens (tertiary/aromatic N) is 1. The maximum Gasteiger partial charge on any atom is 0.281 e. The number of fused-ring (bicyclic) bond motifs is 1. The molecule has 0 atom stereocenters. The molecule has 1 heterocycles. The number of pyridine rings is 1. The van der Waals surface area contributed by atoms with Crippen LogP contribution in [0.3, 0.4) is 0 Å². The Kier molecular flexibility index (Phi) is 8.83. The molecule has 200 valence electrons. The van der Waals surface area contributed by atoms with Crippen LogP contribution >= 0.6 is 11.8 Å². The van der Waals surface area contributed by atoms with Gasteiger partial charge in [-0.2, -0.15) is 0 Å². The molecule has 7 nitrogen and oxygen atoms in total. The van der Waals surface area contributed by atoms with Gasteiger partial charge in [0.05, 0.1) is 29.3 Å². The van der Waals surface area contributed by atoms with Crippen LogP contribution in [0.1, 0.15) is 18.9 Å². The zero-order chi connectivity index (χ0) is 27.9. The normalized spacial score (nSPS) is 11.7. The van der Waals surface area contributed by atoms with Crippen molar-refractivity contribution in [3.05, 3.63) is 99.3 Å². The number of halogens is 1. The Balaban J connectivity index is 1.45. The second-order valence-electron chi connectivity index (χ2n) is 8.69. The zero-order valence-corrected chi connectivity index (χ0v) is 22.3. The van der Waals surface area contributed by atoms with E-state index >= 15 is 0 Å². The molecule has 0 aliphatic carbocycles. The molecule has 0 aliphatic heterocycles. The van der Waals surface area contributed by atoms with Crippen LogP contribution in [-0.2, 0) is 11.8 Å². The minimum absolute atomic E-state index is 0.203. The number of carbonyl (C=O) groups is 2. The van der Waals surface area contributed by atoms with Crippen molar-refractivity contribution in [2.24, 2.45) is 12.8 Å². The smallest absolute Gasteiger partial charge is 0.281 e. The van der Waals surface area contributed by atoms with Gasteiger partial charge in [0.2, 0.25) is 5.43 Å². The number of carbonyl (C=O) groups excluding carboxylic acids is 2. The summed E-state index contributed by atoms with van der Waals surface area (Å²) in [5, 5.41) is -0.113. The number of amides is 1. The third-order valence-electron chi connectivity index (χ3n) is 6.16. The molecule has 1 amide bonds. The molecule has 4 aromatic rings. The first-order chi connectivity index (χ1) is 18.8. The van der Waals surface area contributed by atoms with E-state index in [2.05, 4.69) is 0 Å². The number of allylic oxidation sites excluding steroid dienone is 2. The topological polar surface area (TPSA) is 101 Å². The maximum atomic E-state index is 13.6. The van der Waals surface area contributed by atoms with E-state index in [1.165, 1.54) is 12.1 Å². The van der Waals surface area contributed by atoms with Gasteiger partial charge < -0.3 is 19.8 Å². The molecule has 0 fully saturated rings. The fourth-order valence-electron chi connectivity index (χ4n) is 4.19.